The van der Waals surface area contributed by atoms with Gasteiger partial charge in [-0.1, -0.05) is 49.2 Å². The van der Waals surface area contributed by atoms with Gasteiger partial charge in [-0.25, -0.2) is 0 Å². The smallest absolute Gasteiger partial charge is 0.250 e. The third-order valence-corrected chi connectivity index (χ3v) is 6.57. The van der Waals surface area contributed by atoms with Gasteiger partial charge in [-0.15, -0.1) is 0 Å². The molecular formula is C28H32N4O2. The first-order chi connectivity index (χ1) is 16.5. The molecule has 1 aliphatic carbocycles. The van der Waals surface area contributed by atoms with Crippen LogP contribution in [0.1, 0.15) is 36.8 Å². The minimum Gasteiger partial charge on any atom is -0.378 e. The minimum absolute atomic E-state index is 0.0462. The number of hydrogen-bond acceptors (Lipinski definition) is 4. The second-order valence-corrected chi connectivity index (χ2v) is 9.14. The number of pyridine rings is 1. The van der Waals surface area contributed by atoms with E-state index < -0.39 is 5.54 Å². The van der Waals surface area contributed by atoms with Crippen molar-refractivity contribution in [2.75, 3.05) is 24.3 Å². The molecule has 0 aliphatic heterocycles. The number of nitrogens with zero attached hydrogens (tertiary/aromatic N) is 3. The standard InChI is InChI=1S/C28H32N4O2/c1-31(2)25-14-12-24(13-15-25)30-27(34)28(16-6-7-17-28)32(21-23-11-8-18-29-20-23)26(33)19-22-9-4-3-5-10-22/h3-5,8-15,18,20H,6-7,16-17,19,21H2,1-2H3,(H,30,34). The van der Waals surface area contributed by atoms with Crippen LogP contribution in [0.15, 0.2) is 79.1 Å². The van der Waals surface area contributed by atoms with Gasteiger partial charge >= 0.3 is 0 Å². The molecule has 0 unspecified atom stereocenters. The SMILES string of the molecule is CN(C)c1ccc(NC(=O)C2(N(Cc3cccnc3)C(=O)Cc3ccccc3)CCCC2)cc1. The van der Waals surface area contributed by atoms with Gasteiger partial charge in [0.1, 0.15) is 5.54 Å². The third kappa shape index (κ3) is 5.28. The number of carbonyl (C=O) groups is 2. The zero-order valence-electron chi connectivity index (χ0n) is 19.9. The molecule has 6 nitrogen and oxygen atoms in total. The molecule has 1 aliphatic rings. The van der Waals surface area contributed by atoms with Gasteiger partial charge in [0.15, 0.2) is 0 Å². The Morgan fingerprint density at radius 3 is 2.21 bits per heavy atom. The van der Waals surface area contributed by atoms with E-state index in [1.165, 1.54) is 0 Å². The molecule has 1 saturated carbocycles. The van der Waals surface area contributed by atoms with E-state index in [0.29, 0.717) is 19.4 Å². The summed E-state index contributed by atoms with van der Waals surface area (Å²) in [4.78, 5) is 35.6. The predicted molar refractivity (Wildman–Crippen MR) is 136 cm³/mol. The van der Waals surface area contributed by atoms with Crippen LogP contribution in [-0.2, 0) is 22.6 Å². The lowest BCUT2D eigenvalue weighted by Gasteiger charge is -2.40. The van der Waals surface area contributed by atoms with Gasteiger partial charge in [-0.3, -0.25) is 14.6 Å². The van der Waals surface area contributed by atoms with Crippen molar-refractivity contribution in [3.05, 3.63) is 90.3 Å². The molecule has 0 bridgehead atoms. The molecule has 0 spiro atoms. The van der Waals surface area contributed by atoms with Gasteiger partial charge in [0.05, 0.1) is 6.42 Å². The minimum atomic E-state index is -0.887. The molecule has 34 heavy (non-hydrogen) atoms. The maximum absolute atomic E-state index is 13.8. The fourth-order valence-electron chi connectivity index (χ4n) is 4.69. The summed E-state index contributed by atoms with van der Waals surface area (Å²) in [6.45, 7) is 0.354. The van der Waals surface area contributed by atoms with Crippen LogP contribution in [0.4, 0.5) is 11.4 Å². The van der Waals surface area contributed by atoms with E-state index in [1.807, 2.05) is 85.7 Å². The quantitative estimate of drug-likeness (QED) is 0.535. The highest BCUT2D eigenvalue weighted by Crippen LogP contribution is 2.38. The Kier molecular flexibility index (Phi) is 7.26. The van der Waals surface area contributed by atoms with Crippen molar-refractivity contribution >= 4 is 23.2 Å². The van der Waals surface area contributed by atoms with E-state index >= 15 is 0 Å². The maximum atomic E-state index is 13.8. The van der Waals surface area contributed by atoms with E-state index in [0.717, 1.165) is 35.3 Å². The zero-order valence-corrected chi connectivity index (χ0v) is 19.9. The Labute approximate surface area is 201 Å². The molecule has 4 rings (SSSR count). The Balaban J connectivity index is 1.63. The molecule has 0 saturated heterocycles. The van der Waals surface area contributed by atoms with Crippen molar-refractivity contribution < 1.29 is 9.59 Å². The van der Waals surface area contributed by atoms with Crippen LogP contribution in [0, 0.1) is 0 Å². The van der Waals surface area contributed by atoms with E-state index in [2.05, 4.69) is 10.3 Å². The van der Waals surface area contributed by atoms with Gasteiger partial charge in [0, 0.05) is 44.4 Å². The van der Waals surface area contributed by atoms with E-state index in [1.54, 1.807) is 17.3 Å². The number of rotatable bonds is 8. The lowest BCUT2D eigenvalue weighted by atomic mass is 9.91. The van der Waals surface area contributed by atoms with E-state index in [-0.39, 0.29) is 18.2 Å². The average molecular weight is 457 g/mol. The summed E-state index contributed by atoms with van der Waals surface area (Å²) < 4.78 is 0. The Morgan fingerprint density at radius 1 is 0.912 bits per heavy atom. The number of hydrogen-bond donors (Lipinski definition) is 1. The summed E-state index contributed by atoms with van der Waals surface area (Å²) in [5, 5.41) is 3.11. The molecule has 1 fully saturated rings. The van der Waals surface area contributed by atoms with Crippen molar-refractivity contribution in [3.63, 3.8) is 0 Å². The molecule has 2 amide bonds. The molecule has 1 heterocycles. The number of nitrogens with one attached hydrogen (secondary N) is 1. The van der Waals surface area contributed by atoms with Crippen molar-refractivity contribution in [3.8, 4) is 0 Å². The number of benzene rings is 2. The van der Waals surface area contributed by atoms with Gasteiger partial charge in [0.25, 0.3) is 0 Å². The van der Waals surface area contributed by atoms with Crippen LogP contribution in [0.3, 0.4) is 0 Å². The second-order valence-electron chi connectivity index (χ2n) is 9.14. The third-order valence-electron chi connectivity index (χ3n) is 6.57. The summed E-state index contributed by atoms with van der Waals surface area (Å²) in [6.07, 6.45) is 6.86. The molecule has 2 aromatic carbocycles. The van der Waals surface area contributed by atoms with Crippen LogP contribution in [0.5, 0.6) is 0 Å². The average Bonchev–Trinajstić information content (AvgIpc) is 3.35. The molecule has 176 valence electrons. The second kappa shape index (κ2) is 10.5. The first kappa shape index (κ1) is 23.5. The topological polar surface area (TPSA) is 65.5 Å². The first-order valence-corrected chi connectivity index (χ1v) is 11.8. The Morgan fingerprint density at radius 2 is 1.59 bits per heavy atom. The van der Waals surface area contributed by atoms with Crippen LogP contribution < -0.4 is 10.2 Å². The van der Waals surface area contributed by atoms with Gasteiger partial charge < -0.3 is 15.1 Å². The number of anilines is 2. The normalized spacial score (nSPS) is 14.4. The summed E-state index contributed by atoms with van der Waals surface area (Å²) in [6, 6.07) is 21.3. The largest absolute Gasteiger partial charge is 0.378 e. The fourth-order valence-corrected chi connectivity index (χ4v) is 4.69. The number of aromatic nitrogens is 1. The fraction of sp³-hybridized carbons (Fsp3) is 0.321. The summed E-state index contributed by atoms with van der Waals surface area (Å²) in [5.74, 6) is -0.164. The first-order valence-electron chi connectivity index (χ1n) is 11.8. The number of carbonyl (C=O) groups excluding carboxylic acids is 2. The van der Waals surface area contributed by atoms with E-state index in [9.17, 15) is 9.59 Å². The monoisotopic (exact) mass is 456 g/mol. The Bertz CT molecular complexity index is 1090. The van der Waals surface area contributed by atoms with Gasteiger partial charge in [-0.2, -0.15) is 0 Å². The summed E-state index contributed by atoms with van der Waals surface area (Å²) in [7, 11) is 3.96. The maximum Gasteiger partial charge on any atom is 0.250 e. The summed E-state index contributed by atoms with van der Waals surface area (Å²) in [5.41, 5.74) is 2.76. The molecule has 0 radical (unpaired) electrons. The lowest BCUT2D eigenvalue weighted by molar-refractivity contribution is -0.145. The number of amides is 2. The zero-order chi connectivity index (χ0) is 24.0. The molecule has 1 aromatic heterocycles. The summed E-state index contributed by atoms with van der Waals surface area (Å²) >= 11 is 0. The van der Waals surface area contributed by atoms with Crippen molar-refractivity contribution in [2.24, 2.45) is 0 Å². The predicted octanol–water partition coefficient (Wildman–Crippen LogP) is 4.67. The van der Waals surface area contributed by atoms with Crippen LogP contribution in [-0.4, -0.2) is 41.3 Å². The van der Waals surface area contributed by atoms with Gasteiger partial charge in [-0.05, 0) is 54.3 Å². The molecule has 0 atom stereocenters. The van der Waals surface area contributed by atoms with Crippen molar-refractivity contribution in [2.45, 2.75) is 44.2 Å². The van der Waals surface area contributed by atoms with Crippen LogP contribution in [0.25, 0.3) is 0 Å². The molecular weight excluding hydrogens is 424 g/mol. The molecule has 1 N–H and O–H groups in total. The molecule has 6 heteroatoms. The van der Waals surface area contributed by atoms with Crippen molar-refractivity contribution in [1.29, 1.82) is 0 Å². The van der Waals surface area contributed by atoms with Crippen molar-refractivity contribution in [1.82, 2.24) is 9.88 Å². The highest BCUT2D eigenvalue weighted by molar-refractivity contribution is 6.01. The van der Waals surface area contributed by atoms with Crippen LogP contribution >= 0.6 is 0 Å². The van der Waals surface area contributed by atoms with Crippen LogP contribution in [0.2, 0.25) is 0 Å². The highest BCUT2D eigenvalue weighted by Gasteiger charge is 2.48. The lowest BCUT2D eigenvalue weighted by Crippen LogP contribution is -2.57. The van der Waals surface area contributed by atoms with E-state index in [4.69, 9.17) is 0 Å². The van der Waals surface area contributed by atoms with Gasteiger partial charge in [0.2, 0.25) is 11.8 Å². The Hall–Kier alpha value is -3.67. The highest BCUT2D eigenvalue weighted by atomic mass is 16.2. The molecule has 3 aromatic rings.